The first-order valence-electron chi connectivity index (χ1n) is 12.0. The third-order valence-corrected chi connectivity index (χ3v) is 6.96. The Labute approximate surface area is 191 Å². The van der Waals surface area contributed by atoms with Crippen LogP contribution in [-0.2, 0) is 9.53 Å². The van der Waals surface area contributed by atoms with Crippen molar-refractivity contribution in [2.24, 2.45) is 5.92 Å². The maximum absolute atomic E-state index is 12.4. The summed E-state index contributed by atoms with van der Waals surface area (Å²) in [5, 5.41) is 3.17. The molecule has 0 bridgehead atoms. The molecule has 1 aromatic carbocycles. The predicted molar refractivity (Wildman–Crippen MR) is 128 cm³/mol. The first kappa shape index (κ1) is 22.8. The maximum Gasteiger partial charge on any atom is 0.244 e. The standard InChI is InChI=1S/C27H36N2O3/c1-20-3-7-22(8-4-20)23-17-26(32-19-23)11-12-27(30)28-24-9-5-21(6-10-24)18-29(2)25-13-15-31-16-14-25/h3-4,7-8,11-12,17,19,21,24-25H,5-6,9-10,13-16,18H2,1-2H3,(H,28,30). The van der Waals surface area contributed by atoms with Crippen LogP contribution in [0.3, 0.4) is 0 Å². The van der Waals surface area contributed by atoms with Gasteiger partial charge in [-0.2, -0.15) is 0 Å². The van der Waals surface area contributed by atoms with E-state index in [1.807, 2.05) is 6.07 Å². The number of hydrogen-bond acceptors (Lipinski definition) is 4. The van der Waals surface area contributed by atoms with Gasteiger partial charge in [-0.25, -0.2) is 0 Å². The first-order chi connectivity index (χ1) is 15.6. The van der Waals surface area contributed by atoms with E-state index in [1.54, 1.807) is 18.4 Å². The van der Waals surface area contributed by atoms with Gasteiger partial charge in [0.15, 0.2) is 0 Å². The van der Waals surface area contributed by atoms with Gasteiger partial charge in [0, 0.05) is 43.5 Å². The van der Waals surface area contributed by atoms with Gasteiger partial charge in [0.1, 0.15) is 5.76 Å². The zero-order valence-electron chi connectivity index (χ0n) is 19.4. The van der Waals surface area contributed by atoms with Gasteiger partial charge in [-0.05, 0) is 76.1 Å². The van der Waals surface area contributed by atoms with E-state index in [1.165, 1.54) is 18.4 Å². The topological polar surface area (TPSA) is 54.7 Å². The van der Waals surface area contributed by atoms with Gasteiger partial charge < -0.3 is 19.4 Å². The zero-order valence-corrected chi connectivity index (χ0v) is 19.4. The number of rotatable bonds is 7. The van der Waals surface area contributed by atoms with Gasteiger partial charge >= 0.3 is 0 Å². The van der Waals surface area contributed by atoms with Crippen LogP contribution in [0.2, 0.25) is 0 Å². The quantitative estimate of drug-likeness (QED) is 0.617. The van der Waals surface area contributed by atoms with Crippen LogP contribution in [0, 0.1) is 12.8 Å². The molecule has 1 N–H and O–H groups in total. The molecule has 1 saturated carbocycles. The largest absolute Gasteiger partial charge is 0.464 e. The number of nitrogens with one attached hydrogen (secondary N) is 1. The average Bonchev–Trinajstić information content (AvgIpc) is 3.29. The molecule has 2 heterocycles. The summed E-state index contributed by atoms with van der Waals surface area (Å²) < 4.78 is 11.1. The van der Waals surface area contributed by atoms with E-state index in [2.05, 4.69) is 48.5 Å². The van der Waals surface area contributed by atoms with Crippen LogP contribution >= 0.6 is 0 Å². The molecule has 0 radical (unpaired) electrons. The Morgan fingerprint density at radius 2 is 1.78 bits per heavy atom. The minimum Gasteiger partial charge on any atom is -0.464 e. The fourth-order valence-corrected chi connectivity index (χ4v) is 4.92. The molecule has 5 heteroatoms. The highest BCUT2D eigenvalue weighted by Crippen LogP contribution is 2.27. The molecular weight excluding hydrogens is 400 g/mol. The number of nitrogens with zero attached hydrogens (tertiary/aromatic N) is 1. The van der Waals surface area contributed by atoms with Crippen molar-refractivity contribution in [3.8, 4) is 11.1 Å². The number of carbonyl (C=O) groups is 1. The highest BCUT2D eigenvalue weighted by Gasteiger charge is 2.25. The Morgan fingerprint density at radius 3 is 2.50 bits per heavy atom. The number of ether oxygens (including phenoxy) is 1. The summed E-state index contributed by atoms with van der Waals surface area (Å²) >= 11 is 0. The Hall–Kier alpha value is -2.37. The van der Waals surface area contributed by atoms with Gasteiger partial charge in [0.2, 0.25) is 5.91 Å². The third-order valence-electron chi connectivity index (χ3n) is 6.96. The van der Waals surface area contributed by atoms with Gasteiger partial charge in [-0.1, -0.05) is 29.8 Å². The van der Waals surface area contributed by atoms with Gasteiger partial charge in [-0.15, -0.1) is 0 Å². The first-order valence-corrected chi connectivity index (χ1v) is 12.0. The molecule has 2 fully saturated rings. The van der Waals surface area contributed by atoms with Crippen molar-refractivity contribution in [1.29, 1.82) is 0 Å². The van der Waals surface area contributed by atoms with E-state index < -0.39 is 0 Å². The third kappa shape index (κ3) is 6.33. The zero-order chi connectivity index (χ0) is 22.3. The smallest absolute Gasteiger partial charge is 0.244 e. The van der Waals surface area contributed by atoms with Gasteiger partial charge in [0.25, 0.3) is 0 Å². The molecule has 2 aromatic rings. The van der Waals surface area contributed by atoms with Gasteiger partial charge in [0.05, 0.1) is 6.26 Å². The van der Waals surface area contributed by atoms with Crippen LogP contribution in [0.25, 0.3) is 17.2 Å². The SMILES string of the molecule is Cc1ccc(-c2coc(C=CC(=O)NC3CCC(CN(C)C4CCOCC4)CC3)c2)cc1. The second-order valence-electron chi connectivity index (χ2n) is 9.45. The lowest BCUT2D eigenvalue weighted by Gasteiger charge is -2.36. The summed E-state index contributed by atoms with van der Waals surface area (Å²) in [5.74, 6) is 1.38. The fraction of sp³-hybridized carbons (Fsp3) is 0.519. The highest BCUT2D eigenvalue weighted by molar-refractivity contribution is 5.91. The van der Waals surface area contributed by atoms with Crippen molar-refractivity contribution in [3.63, 3.8) is 0 Å². The van der Waals surface area contributed by atoms with Crippen LogP contribution in [0.4, 0.5) is 0 Å². The summed E-state index contributed by atoms with van der Waals surface area (Å²) in [6.07, 6.45) is 11.9. The molecule has 5 nitrogen and oxygen atoms in total. The molecule has 4 rings (SSSR count). The van der Waals surface area contributed by atoms with Crippen LogP contribution in [0.5, 0.6) is 0 Å². The van der Waals surface area contributed by atoms with Crippen LogP contribution in [0.15, 0.2) is 47.1 Å². The molecule has 1 aliphatic carbocycles. The summed E-state index contributed by atoms with van der Waals surface area (Å²) in [6.45, 7) is 5.02. The number of hydrogen-bond donors (Lipinski definition) is 1. The van der Waals surface area contributed by atoms with Crippen LogP contribution in [-0.4, -0.2) is 49.7 Å². The number of furan rings is 1. The molecule has 2 aliphatic rings. The Morgan fingerprint density at radius 1 is 1.06 bits per heavy atom. The molecule has 0 spiro atoms. The molecule has 1 amide bonds. The lowest BCUT2D eigenvalue weighted by Crippen LogP contribution is -2.42. The lowest BCUT2D eigenvalue weighted by molar-refractivity contribution is -0.117. The molecule has 0 unspecified atom stereocenters. The summed E-state index contributed by atoms with van der Waals surface area (Å²) in [7, 11) is 2.26. The van der Waals surface area contributed by atoms with E-state index in [0.29, 0.717) is 11.8 Å². The lowest BCUT2D eigenvalue weighted by atomic mass is 9.85. The van der Waals surface area contributed by atoms with E-state index >= 15 is 0 Å². The highest BCUT2D eigenvalue weighted by atomic mass is 16.5. The normalized spacial score (nSPS) is 22.5. The average molecular weight is 437 g/mol. The number of benzene rings is 1. The number of amides is 1. The minimum absolute atomic E-state index is 0.0407. The Kier molecular flexibility index (Phi) is 7.82. The molecule has 1 aromatic heterocycles. The predicted octanol–water partition coefficient (Wildman–Crippen LogP) is 5.05. The molecule has 0 atom stereocenters. The second kappa shape index (κ2) is 11.0. The molecule has 1 aliphatic heterocycles. The Bertz CT molecular complexity index is 888. The van der Waals surface area contributed by atoms with Crippen molar-refractivity contribution in [2.75, 3.05) is 26.8 Å². The van der Waals surface area contributed by atoms with Crippen molar-refractivity contribution in [1.82, 2.24) is 10.2 Å². The minimum atomic E-state index is -0.0407. The summed E-state index contributed by atoms with van der Waals surface area (Å²) in [6, 6.07) is 11.2. The monoisotopic (exact) mass is 436 g/mol. The number of aryl methyl sites for hydroxylation is 1. The van der Waals surface area contributed by atoms with Crippen molar-refractivity contribution in [3.05, 3.63) is 54.0 Å². The van der Waals surface area contributed by atoms with Crippen LogP contribution < -0.4 is 5.32 Å². The molecule has 1 saturated heterocycles. The summed E-state index contributed by atoms with van der Waals surface area (Å²) in [4.78, 5) is 14.9. The fourth-order valence-electron chi connectivity index (χ4n) is 4.92. The van der Waals surface area contributed by atoms with E-state index in [-0.39, 0.29) is 11.9 Å². The van der Waals surface area contributed by atoms with E-state index in [0.717, 1.165) is 62.5 Å². The number of carbonyl (C=O) groups excluding carboxylic acids is 1. The Balaban J connectivity index is 1.20. The molecular formula is C27H36N2O3. The molecule has 172 valence electrons. The van der Waals surface area contributed by atoms with Crippen molar-refractivity contribution < 1.29 is 13.9 Å². The van der Waals surface area contributed by atoms with E-state index in [9.17, 15) is 4.79 Å². The summed E-state index contributed by atoms with van der Waals surface area (Å²) in [5.41, 5.74) is 3.37. The van der Waals surface area contributed by atoms with Crippen molar-refractivity contribution >= 4 is 12.0 Å². The maximum atomic E-state index is 12.4. The van der Waals surface area contributed by atoms with E-state index in [4.69, 9.17) is 9.15 Å². The van der Waals surface area contributed by atoms with Crippen molar-refractivity contribution in [2.45, 2.75) is 57.5 Å². The second-order valence-corrected chi connectivity index (χ2v) is 9.45. The van der Waals surface area contributed by atoms with Gasteiger partial charge in [-0.3, -0.25) is 4.79 Å². The van der Waals surface area contributed by atoms with Crippen LogP contribution in [0.1, 0.15) is 49.8 Å². The molecule has 32 heavy (non-hydrogen) atoms.